The first-order chi connectivity index (χ1) is 6.24. The number of nitrogens with zero attached hydrogens (tertiary/aromatic N) is 3. The van der Waals surface area contributed by atoms with Crippen LogP contribution >= 0.6 is 0 Å². The smallest absolute Gasteiger partial charge is 0.173 e. The molecule has 4 heteroatoms. The average molecular weight is 177 g/mol. The van der Waals surface area contributed by atoms with Gasteiger partial charge >= 0.3 is 0 Å². The molecule has 2 aromatic rings. The van der Waals surface area contributed by atoms with E-state index in [1.54, 1.807) is 19.2 Å². The molecular weight excluding hydrogens is 169 g/mol. The molecule has 0 aliphatic carbocycles. The third-order valence-corrected chi connectivity index (χ3v) is 1.93. The summed E-state index contributed by atoms with van der Waals surface area (Å²) in [4.78, 5) is 0. The average Bonchev–Trinajstić information content (AvgIpc) is 2.45. The molecule has 0 atom stereocenters. The molecule has 0 radical (unpaired) electrons. The highest BCUT2D eigenvalue weighted by Gasteiger charge is 2.11. The zero-order valence-electron chi connectivity index (χ0n) is 6.95. The first-order valence-corrected chi connectivity index (χ1v) is 3.75. The number of fused-ring (bicyclic) bond motifs is 1. The van der Waals surface area contributed by atoms with Gasteiger partial charge in [0, 0.05) is 8.47 Å². The molecule has 1 heterocycles. The number of hydrogen-bond acceptors (Lipinski definition) is 2. The summed E-state index contributed by atoms with van der Waals surface area (Å²) in [6, 6.07) is 6.51. The fourth-order valence-corrected chi connectivity index (χ4v) is 1.35. The van der Waals surface area contributed by atoms with Crippen molar-refractivity contribution in [3.05, 3.63) is 29.7 Å². The third-order valence-electron chi connectivity index (χ3n) is 1.93. The van der Waals surface area contributed by atoms with Crippen LogP contribution in [0.3, 0.4) is 0 Å². The summed E-state index contributed by atoms with van der Waals surface area (Å²) in [5, 5.41) is 12.9. The van der Waals surface area contributed by atoms with Gasteiger partial charge in [0.15, 0.2) is 5.69 Å². The van der Waals surface area contributed by atoms with Crippen LogP contribution in [0.5, 0.6) is 0 Å². The van der Waals surface area contributed by atoms with Gasteiger partial charge in [0.25, 0.3) is 0 Å². The molecule has 3 nitrogen and oxygen atoms in total. The summed E-state index contributed by atoms with van der Waals surface area (Å²) in [5.41, 5.74) is 0.771. The zero-order chi connectivity index (χ0) is 9.42. The van der Waals surface area contributed by atoms with Gasteiger partial charge in [-0.15, -0.1) is 0 Å². The van der Waals surface area contributed by atoms with Gasteiger partial charge in [0.1, 0.15) is 11.9 Å². The number of rotatable bonds is 0. The minimum Gasteiger partial charge on any atom is -0.266 e. The largest absolute Gasteiger partial charge is 0.266 e. The van der Waals surface area contributed by atoms with Crippen molar-refractivity contribution < 1.29 is 5.82 Å². The minimum absolute atomic E-state index is 0. The molecule has 0 fully saturated rings. The Hall–Kier alpha value is -1.89. The van der Waals surface area contributed by atoms with Crippen LogP contribution in [0.2, 0.25) is 0 Å². The normalized spacial score (nSPS) is 10.2. The maximum absolute atomic E-state index is 13.2. The van der Waals surface area contributed by atoms with Gasteiger partial charge in [-0.1, -0.05) is 6.07 Å². The highest BCUT2D eigenvalue weighted by molar-refractivity contribution is 5.84. The molecule has 0 N–H and O–H groups in total. The van der Waals surface area contributed by atoms with E-state index in [1.165, 1.54) is 10.7 Å². The van der Waals surface area contributed by atoms with Gasteiger partial charge in [0.2, 0.25) is 0 Å². The molecule has 1 aromatic carbocycles. The highest BCUT2D eigenvalue weighted by Crippen LogP contribution is 2.20. The van der Waals surface area contributed by atoms with E-state index in [0.29, 0.717) is 10.9 Å². The summed E-state index contributed by atoms with van der Waals surface area (Å²) in [5.74, 6) is -0.401. The van der Waals surface area contributed by atoms with Crippen molar-refractivity contribution in [1.29, 1.82) is 5.26 Å². The number of halogens is 1. The number of aromatic nitrogens is 2. The summed E-state index contributed by atoms with van der Waals surface area (Å²) in [6.07, 6.45) is 0. The Morgan fingerprint density at radius 2 is 2.38 bits per heavy atom. The SMILES string of the molecule is Cn1nc(C#N)c2c(F)cccc21.[HH]. The van der Waals surface area contributed by atoms with Gasteiger partial charge in [-0.25, -0.2) is 4.39 Å². The van der Waals surface area contributed by atoms with Gasteiger partial charge in [-0.2, -0.15) is 10.4 Å². The Morgan fingerprint density at radius 3 is 3.08 bits per heavy atom. The molecular formula is C9H8FN3. The highest BCUT2D eigenvalue weighted by atomic mass is 19.1. The van der Waals surface area contributed by atoms with Crippen molar-refractivity contribution in [2.45, 2.75) is 0 Å². The second-order valence-corrected chi connectivity index (χ2v) is 2.72. The Labute approximate surface area is 75.5 Å². The summed E-state index contributed by atoms with van der Waals surface area (Å²) >= 11 is 0. The molecule has 66 valence electrons. The topological polar surface area (TPSA) is 41.6 Å². The van der Waals surface area contributed by atoms with Crippen LogP contribution in [0, 0.1) is 17.1 Å². The molecule has 0 bridgehead atoms. The van der Waals surface area contributed by atoms with Gasteiger partial charge in [-0.3, -0.25) is 4.68 Å². The van der Waals surface area contributed by atoms with Crippen molar-refractivity contribution in [3.63, 3.8) is 0 Å². The number of benzene rings is 1. The van der Waals surface area contributed by atoms with Crippen LogP contribution in [0.15, 0.2) is 18.2 Å². The van der Waals surface area contributed by atoms with Gasteiger partial charge in [0.05, 0.1) is 10.9 Å². The molecule has 0 saturated carbocycles. The first-order valence-electron chi connectivity index (χ1n) is 3.75. The summed E-state index contributed by atoms with van der Waals surface area (Å²) < 4.78 is 14.7. The first kappa shape index (κ1) is 7.74. The number of hydrogen-bond donors (Lipinski definition) is 0. The molecule has 13 heavy (non-hydrogen) atoms. The van der Waals surface area contributed by atoms with E-state index >= 15 is 0 Å². The van der Waals surface area contributed by atoms with E-state index in [1.807, 2.05) is 6.07 Å². The standard InChI is InChI=1S/C9H6FN3.H2/c1-13-8-4-2-3-6(10)9(8)7(5-11)12-13;/h2-4H,1H3;1H. The predicted octanol–water partition coefficient (Wildman–Crippen LogP) is 1.83. The van der Waals surface area contributed by atoms with Crippen molar-refractivity contribution in [1.82, 2.24) is 9.78 Å². The van der Waals surface area contributed by atoms with Crippen molar-refractivity contribution >= 4 is 10.9 Å². The van der Waals surface area contributed by atoms with Crippen molar-refractivity contribution in [2.75, 3.05) is 0 Å². The molecule has 0 aliphatic rings. The Morgan fingerprint density at radius 1 is 1.62 bits per heavy atom. The van der Waals surface area contributed by atoms with Crippen LogP contribution in [0.25, 0.3) is 10.9 Å². The van der Waals surface area contributed by atoms with Crippen molar-refractivity contribution in [3.8, 4) is 6.07 Å². The van der Waals surface area contributed by atoms with Crippen LogP contribution in [0.1, 0.15) is 7.12 Å². The van der Waals surface area contributed by atoms with Crippen LogP contribution in [0.4, 0.5) is 4.39 Å². The summed E-state index contributed by atoms with van der Waals surface area (Å²) in [6.45, 7) is 0. The third kappa shape index (κ3) is 0.975. The van der Waals surface area contributed by atoms with Crippen LogP contribution in [-0.2, 0) is 7.05 Å². The van der Waals surface area contributed by atoms with Crippen LogP contribution in [-0.4, -0.2) is 9.78 Å². The predicted molar refractivity (Wildman–Crippen MR) is 47.5 cm³/mol. The fourth-order valence-electron chi connectivity index (χ4n) is 1.35. The Bertz CT molecular complexity index is 512. The van der Waals surface area contributed by atoms with E-state index in [-0.39, 0.29) is 7.12 Å². The molecule has 0 saturated heterocycles. The lowest BCUT2D eigenvalue weighted by molar-refractivity contribution is 0.639. The fraction of sp³-hybridized carbons (Fsp3) is 0.111. The number of nitriles is 1. The molecule has 2 rings (SSSR count). The number of aryl methyl sites for hydroxylation is 1. The second kappa shape index (κ2) is 2.56. The molecule has 0 spiro atoms. The van der Waals surface area contributed by atoms with E-state index in [9.17, 15) is 4.39 Å². The Balaban J connectivity index is 0.000000980. The minimum atomic E-state index is -0.401. The van der Waals surface area contributed by atoms with Gasteiger partial charge in [-0.05, 0) is 12.1 Å². The van der Waals surface area contributed by atoms with E-state index in [2.05, 4.69) is 5.10 Å². The van der Waals surface area contributed by atoms with Crippen molar-refractivity contribution in [2.24, 2.45) is 7.05 Å². The van der Waals surface area contributed by atoms with E-state index < -0.39 is 5.82 Å². The van der Waals surface area contributed by atoms with E-state index in [0.717, 1.165) is 0 Å². The quantitative estimate of drug-likeness (QED) is 0.616. The zero-order valence-corrected chi connectivity index (χ0v) is 6.95. The lowest BCUT2D eigenvalue weighted by Crippen LogP contribution is -1.89. The lowest BCUT2D eigenvalue weighted by atomic mass is 10.2. The molecule has 0 unspecified atom stereocenters. The maximum Gasteiger partial charge on any atom is 0.173 e. The Kier molecular flexibility index (Phi) is 1.52. The van der Waals surface area contributed by atoms with Gasteiger partial charge < -0.3 is 0 Å². The second-order valence-electron chi connectivity index (χ2n) is 2.72. The van der Waals surface area contributed by atoms with E-state index in [4.69, 9.17) is 5.26 Å². The summed E-state index contributed by atoms with van der Waals surface area (Å²) in [7, 11) is 1.68. The monoisotopic (exact) mass is 177 g/mol. The molecule has 1 aromatic heterocycles. The maximum atomic E-state index is 13.2. The molecule has 0 amide bonds. The molecule has 0 aliphatic heterocycles. The lowest BCUT2D eigenvalue weighted by Gasteiger charge is -1.92. The van der Waals surface area contributed by atoms with Crippen LogP contribution < -0.4 is 0 Å².